The van der Waals surface area contributed by atoms with Crippen molar-refractivity contribution in [2.45, 2.75) is 374 Å². The number of rotatable bonds is 64. The van der Waals surface area contributed by atoms with Crippen molar-refractivity contribution in [1.82, 2.24) is 0 Å². The molecule has 0 spiro atoms. The van der Waals surface area contributed by atoms with E-state index in [4.69, 9.17) is 14.2 Å². The molecule has 0 saturated carbocycles. The Labute approximate surface area is 491 Å². The zero-order valence-electron chi connectivity index (χ0n) is 52.9. The van der Waals surface area contributed by atoms with E-state index in [2.05, 4.69) is 81.5 Å². The van der Waals surface area contributed by atoms with Gasteiger partial charge in [-0.05, 0) is 89.9 Å². The average Bonchev–Trinajstić information content (AvgIpc) is 3.45. The fourth-order valence-corrected chi connectivity index (χ4v) is 10.2. The number of hydrogen-bond donors (Lipinski definition) is 0. The highest BCUT2D eigenvalue weighted by Gasteiger charge is 2.19. The van der Waals surface area contributed by atoms with Gasteiger partial charge in [0.2, 0.25) is 0 Å². The second kappa shape index (κ2) is 67.6. The molecule has 0 aromatic heterocycles. The molecule has 0 radical (unpaired) electrons. The first-order valence-corrected chi connectivity index (χ1v) is 34.8. The molecule has 460 valence electrons. The van der Waals surface area contributed by atoms with Crippen molar-refractivity contribution < 1.29 is 28.6 Å². The Morgan fingerprint density at radius 3 is 0.709 bits per heavy atom. The summed E-state index contributed by atoms with van der Waals surface area (Å²) < 4.78 is 16.8. The average molecular weight is 1110 g/mol. The molecule has 0 aliphatic rings. The van der Waals surface area contributed by atoms with Crippen molar-refractivity contribution in [1.29, 1.82) is 0 Å². The summed E-state index contributed by atoms with van der Waals surface area (Å²) in [7, 11) is 0. The monoisotopic (exact) mass is 1110 g/mol. The molecule has 0 rings (SSSR count). The predicted molar refractivity (Wildman–Crippen MR) is 344 cm³/mol. The molecule has 0 aromatic carbocycles. The third-order valence-electron chi connectivity index (χ3n) is 15.5. The van der Waals surface area contributed by atoms with Crippen LogP contribution in [0.1, 0.15) is 367 Å². The van der Waals surface area contributed by atoms with Crippen LogP contribution in [-0.2, 0) is 28.6 Å². The molecule has 0 amide bonds. The summed E-state index contributed by atoms with van der Waals surface area (Å²) in [6.45, 7) is 6.58. The summed E-state index contributed by atoms with van der Waals surface area (Å²) in [5.74, 6) is -0.867. The minimum Gasteiger partial charge on any atom is -0.462 e. The van der Waals surface area contributed by atoms with E-state index in [0.29, 0.717) is 19.3 Å². The van der Waals surface area contributed by atoms with Gasteiger partial charge >= 0.3 is 17.9 Å². The molecule has 0 saturated heterocycles. The second-order valence-corrected chi connectivity index (χ2v) is 23.4. The van der Waals surface area contributed by atoms with Crippen LogP contribution in [0.5, 0.6) is 0 Å². The maximum absolute atomic E-state index is 12.9. The summed E-state index contributed by atoms with van der Waals surface area (Å²) >= 11 is 0. The lowest BCUT2D eigenvalue weighted by Gasteiger charge is -2.18. The van der Waals surface area contributed by atoms with Crippen LogP contribution in [0.4, 0.5) is 0 Å². The Kier molecular flexibility index (Phi) is 65.1. The smallest absolute Gasteiger partial charge is 0.306 e. The van der Waals surface area contributed by atoms with E-state index in [9.17, 15) is 14.4 Å². The number of carbonyl (C=O) groups is 3. The van der Waals surface area contributed by atoms with Crippen molar-refractivity contribution in [3.63, 3.8) is 0 Å². The molecule has 0 heterocycles. The third kappa shape index (κ3) is 65.8. The number of hydrogen-bond acceptors (Lipinski definition) is 6. The van der Waals surface area contributed by atoms with Gasteiger partial charge in [0.25, 0.3) is 0 Å². The number of esters is 3. The largest absolute Gasteiger partial charge is 0.462 e. The zero-order chi connectivity index (χ0) is 57.1. The van der Waals surface area contributed by atoms with Crippen LogP contribution in [0.3, 0.4) is 0 Å². The Morgan fingerprint density at radius 2 is 0.456 bits per heavy atom. The van der Waals surface area contributed by atoms with Crippen LogP contribution in [-0.4, -0.2) is 37.2 Å². The highest BCUT2D eigenvalue weighted by atomic mass is 16.6. The minimum atomic E-state index is -0.770. The molecular formula is C73H132O6. The van der Waals surface area contributed by atoms with Crippen LogP contribution in [0.25, 0.3) is 0 Å². The Morgan fingerprint density at radius 1 is 0.253 bits per heavy atom. The van der Waals surface area contributed by atoms with Gasteiger partial charge in [0.05, 0.1) is 0 Å². The van der Waals surface area contributed by atoms with Gasteiger partial charge in [-0.1, -0.05) is 319 Å². The van der Waals surface area contributed by atoms with E-state index in [-0.39, 0.29) is 31.1 Å². The SMILES string of the molecule is CCCCCCC/C=C\C/C=C\C/C=C\CCCCCCCCCCCCCCCCCCC(=O)OCC(COC(=O)CCCCCCC)OC(=O)CCCCCCCCCCCCCCC/C=C\C/C=C\CCCCCCC. The molecule has 0 fully saturated rings. The minimum absolute atomic E-state index is 0.0710. The normalized spacial score (nSPS) is 12.4. The van der Waals surface area contributed by atoms with Crippen molar-refractivity contribution in [2.24, 2.45) is 0 Å². The second-order valence-electron chi connectivity index (χ2n) is 23.4. The Bertz CT molecular complexity index is 1410. The molecule has 0 aliphatic carbocycles. The zero-order valence-corrected chi connectivity index (χ0v) is 52.9. The molecule has 0 bridgehead atoms. The van der Waals surface area contributed by atoms with Crippen molar-refractivity contribution in [2.75, 3.05) is 13.2 Å². The Hall–Kier alpha value is -2.89. The maximum Gasteiger partial charge on any atom is 0.306 e. The van der Waals surface area contributed by atoms with Gasteiger partial charge in [-0.3, -0.25) is 14.4 Å². The van der Waals surface area contributed by atoms with Crippen molar-refractivity contribution >= 4 is 17.9 Å². The quantitative estimate of drug-likeness (QED) is 0.0261. The third-order valence-corrected chi connectivity index (χ3v) is 15.5. The van der Waals surface area contributed by atoms with E-state index in [0.717, 1.165) is 83.5 Å². The predicted octanol–water partition coefficient (Wildman–Crippen LogP) is 23.9. The van der Waals surface area contributed by atoms with Gasteiger partial charge in [0, 0.05) is 19.3 Å². The van der Waals surface area contributed by atoms with Crippen LogP contribution in [0.15, 0.2) is 60.8 Å². The van der Waals surface area contributed by atoms with Crippen LogP contribution >= 0.6 is 0 Å². The number of allylic oxidation sites excluding steroid dienone is 10. The van der Waals surface area contributed by atoms with Gasteiger partial charge in [0.1, 0.15) is 13.2 Å². The summed E-state index contributed by atoms with van der Waals surface area (Å²) in [5, 5.41) is 0. The maximum atomic E-state index is 12.9. The molecule has 0 N–H and O–H groups in total. The summed E-state index contributed by atoms with van der Waals surface area (Å²) in [6.07, 6.45) is 87.3. The fraction of sp³-hybridized carbons (Fsp3) is 0.822. The van der Waals surface area contributed by atoms with Crippen LogP contribution in [0, 0.1) is 0 Å². The first-order chi connectivity index (χ1) is 39.0. The highest BCUT2D eigenvalue weighted by Crippen LogP contribution is 2.18. The lowest BCUT2D eigenvalue weighted by atomic mass is 10.0. The van der Waals surface area contributed by atoms with Gasteiger partial charge in [-0.25, -0.2) is 0 Å². The first-order valence-electron chi connectivity index (χ1n) is 34.8. The van der Waals surface area contributed by atoms with E-state index in [1.165, 1.54) is 244 Å². The van der Waals surface area contributed by atoms with Gasteiger partial charge in [-0.15, -0.1) is 0 Å². The molecule has 0 aliphatic heterocycles. The lowest BCUT2D eigenvalue weighted by Crippen LogP contribution is -2.30. The summed E-state index contributed by atoms with van der Waals surface area (Å²) in [6, 6.07) is 0. The van der Waals surface area contributed by atoms with Crippen LogP contribution in [0.2, 0.25) is 0 Å². The number of carbonyl (C=O) groups excluding carboxylic acids is 3. The van der Waals surface area contributed by atoms with Gasteiger partial charge in [-0.2, -0.15) is 0 Å². The molecule has 0 aromatic rings. The Balaban J connectivity index is 3.96. The van der Waals surface area contributed by atoms with E-state index in [1.807, 2.05) is 0 Å². The molecule has 6 heteroatoms. The number of unbranched alkanes of at least 4 members (excludes halogenated alkanes) is 43. The summed E-state index contributed by atoms with van der Waals surface area (Å²) in [4.78, 5) is 38.0. The molecule has 1 atom stereocenters. The van der Waals surface area contributed by atoms with E-state index in [1.54, 1.807) is 0 Å². The molecule has 79 heavy (non-hydrogen) atoms. The fourth-order valence-electron chi connectivity index (χ4n) is 10.2. The topological polar surface area (TPSA) is 78.9 Å². The van der Waals surface area contributed by atoms with Crippen molar-refractivity contribution in [3.05, 3.63) is 60.8 Å². The molecular weight excluding hydrogens is 973 g/mol. The number of ether oxygens (including phenoxy) is 3. The van der Waals surface area contributed by atoms with Gasteiger partial charge < -0.3 is 14.2 Å². The first kappa shape index (κ1) is 76.1. The standard InChI is InChI=1S/C73H132O6/c1-4-7-10-13-15-17-19-21-23-25-27-29-31-33-34-35-36-37-38-40-41-43-45-47-49-51-53-55-57-60-63-66-72(75)78-69-70(68-77-71(74)65-62-59-12-9-6-3)79-73(76)67-64-61-58-56-54-52-50-48-46-44-42-39-32-30-28-26-24-22-20-18-16-14-11-8-5-2/h19-22,25-28,31,33,70H,4-18,23-24,29-30,32,34-69H2,1-3H3/b21-19-,22-20-,27-25-,28-26-,33-31-. The van der Waals surface area contributed by atoms with Crippen LogP contribution < -0.4 is 0 Å². The van der Waals surface area contributed by atoms with E-state index >= 15 is 0 Å². The van der Waals surface area contributed by atoms with Crippen molar-refractivity contribution in [3.8, 4) is 0 Å². The molecule has 6 nitrogen and oxygen atoms in total. The molecule has 1 unspecified atom stereocenters. The summed E-state index contributed by atoms with van der Waals surface area (Å²) in [5.41, 5.74) is 0. The highest BCUT2D eigenvalue weighted by molar-refractivity contribution is 5.71. The van der Waals surface area contributed by atoms with E-state index < -0.39 is 6.10 Å². The van der Waals surface area contributed by atoms with Gasteiger partial charge in [0.15, 0.2) is 6.10 Å². The lowest BCUT2D eigenvalue weighted by molar-refractivity contribution is -0.167.